The van der Waals surface area contributed by atoms with Gasteiger partial charge in [0, 0.05) is 6.42 Å². The molecule has 0 N–H and O–H groups in total. The van der Waals surface area contributed by atoms with Crippen molar-refractivity contribution in [1.29, 1.82) is 0 Å². The summed E-state index contributed by atoms with van der Waals surface area (Å²) < 4.78 is 5.78. The molecule has 0 aliphatic heterocycles. The highest BCUT2D eigenvalue weighted by Crippen LogP contribution is 2.72. The summed E-state index contributed by atoms with van der Waals surface area (Å²) in [7, 11) is 0. The van der Waals surface area contributed by atoms with E-state index in [1.54, 1.807) is 0 Å². The molecule has 0 aromatic heterocycles. The van der Waals surface area contributed by atoms with Crippen molar-refractivity contribution in [3.63, 3.8) is 0 Å². The van der Waals surface area contributed by atoms with Gasteiger partial charge in [0.05, 0.1) is 0 Å². The second-order valence-electron chi connectivity index (χ2n) is 8.25. The maximum Gasteiger partial charge on any atom is 0.305 e. The summed E-state index contributed by atoms with van der Waals surface area (Å²) >= 11 is 0. The largest absolute Gasteiger partial charge is 0.462 e. The van der Waals surface area contributed by atoms with Gasteiger partial charge in [0.1, 0.15) is 6.10 Å². The molecule has 20 heavy (non-hydrogen) atoms. The molecule has 0 heterocycles. The fraction of sp³-hybridized carbons (Fsp3) is 0.944. The quantitative estimate of drug-likeness (QED) is 0.567. The first kappa shape index (κ1) is 12.1. The Morgan fingerprint density at radius 1 is 0.950 bits per heavy atom. The van der Waals surface area contributed by atoms with Gasteiger partial charge in [-0.2, -0.15) is 0 Å². The van der Waals surface area contributed by atoms with Gasteiger partial charge < -0.3 is 4.74 Å². The van der Waals surface area contributed by atoms with Crippen LogP contribution in [0.1, 0.15) is 51.9 Å². The van der Waals surface area contributed by atoms with Gasteiger partial charge in [0.25, 0.3) is 0 Å². The van der Waals surface area contributed by atoms with Crippen molar-refractivity contribution in [3.05, 3.63) is 0 Å². The molecular weight excluding hydrogens is 248 g/mol. The van der Waals surface area contributed by atoms with Crippen LogP contribution in [-0.4, -0.2) is 12.1 Å². The number of fused-ring (bicyclic) bond motifs is 12. The zero-order chi connectivity index (χ0) is 13.4. The van der Waals surface area contributed by atoms with E-state index in [9.17, 15) is 4.79 Å². The van der Waals surface area contributed by atoms with E-state index in [4.69, 9.17) is 4.74 Å². The molecule has 110 valence electrons. The van der Waals surface area contributed by atoms with E-state index < -0.39 is 0 Å². The summed E-state index contributed by atoms with van der Waals surface area (Å²) in [6.07, 6.45) is 9.46. The molecule has 5 rings (SSSR count). The van der Waals surface area contributed by atoms with Crippen molar-refractivity contribution in [3.8, 4) is 0 Å². The van der Waals surface area contributed by atoms with Gasteiger partial charge in [0.2, 0.25) is 0 Å². The third kappa shape index (κ3) is 1.34. The van der Waals surface area contributed by atoms with Crippen LogP contribution in [0.5, 0.6) is 0 Å². The van der Waals surface area contributed by atoms with Crippen LogP contribution < -0.4 is 0 Å². The first-order valence-electron chi connectivity index (χ1n) is 8.97. The lowest BCUT2D eigenvalue weighted by Gasteiger charge is -2.43. The van der Waals surface area contributed by atoms with Gasteiger partial charge in [-0.1, -0.05) is 13.3 Å². The van der Waals surface area contributed by atoms with E-state index in [2.05, 4.69) is 0 Å². The third-order valence-corrected chi connectivity index (χ3v) is 7.90. The van der Waals surface area contributed by atoms with Crippen LogP contribution in [-0.2, 0) is 9.53 Å². The van der Waals surface area contributed by atoms with Gasteiger partial charge >= 0.3 is 5.97 Å². The Labute approximate surface area is 121 Å². The first-order chi connectivity index (χ1) is 9.78. The van der Waals surface area contributed by atoms with Crippen molar-refractivity contribution in [1.82, 2.24) is 0 Å². The highest BCUT2D eigenvalue weighted by Gasteiger charge is 2.68. The van der Waals surface area contributed by atoms with Crippen LogP contribution in [0.25, 0.3) is 0 Å². The summed E-state index contributed by atoms with van der Waals surface area (Å²) in [6.45, 7) is 1.92. The number of carbonyl (C=O) groups is 1. The topological polar surface area (TPSA) is 26.3 Å². The summed E-state index contributed by atoms with van der Waals surface area (Å²) in [5.74, 6) is 7.86. The Bertz CT molecular complexity index is 445. The number of hydrogen-bond donors (Lipinski definition) is 0. The predicted octanol–water partition coefficient (Wildman–Crippen LogP) is 3.65. The Morgan fingerprint density at radius 2 is 1.70 bits per heavy atom. The molecule has 0 aromatic rings. The van der Waals surface area contributed by atoms with Gasteiger partial charge in [0.15, 0.2) is 0 Å². The lowest BCUT2D eigenvalue weighted by Crippen LogP contribution is -2.41. The zero-order valence-corrected chi connectivity index (χ0v) is 12.5. The molecule has 5 aliphatic rings. The van der Waals surface area contributed by atoms with E-state index in [0.717, 1.165) is 47.3 Å². The minimum Gasteiger partial charge on any atom is -0.462 e. The van der Waals surface area contributed by atoms with E-state index >= 15 is 0 Å². The van der Waals surface area contributed by atoms with E-state index in [1.165, 1.54) is 38.5 Å². The molecular formula is C18H26O2. The summed E-state index contributed by atoms with van der Waals surface area (Å²) in [4.78, 5) is 11.7. The summed E-state index contributed by atoms with van der Waals surface area (Å²) in [6, 6.07) is 0. The number of carbonyl (C=O) groups excluding carboxylic acids is 1. The molecule has 2 heteroatoms. The Kier molecular flexibility index (Phi) is 2.42. The first-order valence-corrected chi connectivity index (χ1v) is 8.97. The molecule has 9 atom stereocenters. The minimum absolute atomic E-state index is 0.0287. The molecule has 5 fully saturated rings. The Morgan fingerprint density at radius 3 is 2.45 bits per heavy atom. The maximum absolute atomic E-state index is 11.7. The molecule has 0 radical (unpaired) electrons. The molecule has 0 saturated heterocycles. The average molecular weight is 274 g/mol. The molecule has 0 amide bonds. The summed E-state index contributed by atoms with van der Waals surface area (Å²) in [5.41, 5.74) is 0. The Balaban J connectivity index is 1.40. The third-order valence-electron chi connectivity index (χ3n) is 7.90. The smallest absolute Gasteiger partial charge is 0.305 e. The lowest BCUT2D eigenvalue weighted by molar-refractivity contribution is -0.154. The van der Waals surface area contributed by atoms with Crippen molar-refractivity contribution < 1.29 is 9.53 Å². The molecule has 9 unspecified atom stereocenters. The molecule has 0 aromatic carbocycles. The summed E-state index contributed by atoms with van der Waals surface area (Å²) in [5, 5.41) is 0. The van der Waals surface area contributed by atoms with Gasteiger partial charge in [-0.15, -0.1) is 0 Å². The van der Waals surface area contributed by atoms with Crippen LogP contribution >= 0.6 is 0 Å². The van der Waals surface area contributed by atoms with Crippen molar-refractivity contribution in [2.45, 2.75) is 58.0 Å². The van der Waals surface area contributed by atoms with E-state index in [0.29, 0.717) is 6.42 Å². The minimum atomic E-state index is 0.0287. The van der Waals surface area contributed by atoms with Crippen LogP contribution in [0.15, 0.2) is 0 Å². The zero-order valence-electron chi connectivity index (χ0n) is 12.5. The van der Waals surface area contributed by atoms with Crippen LogP contribution in [0.3, 0.4) is 0 Å². The fourth-order valence-corrected chi connectivity index (χ4v) is 7.64. The molecule has 0 spiro atoms. The van der Waals surface area contributed by atoms with Crippen molar-refractivity contribution >= 4 is 5.97 Å². The molecule has 2 nitrogen and oxygen atoms in total. The lowest BCUT2D eigenvalue weighted by atomic mass is 9.64. The molecule has 5 saturated carbocycles. The van der Waals surface area contributed by atoms with Gasteiger partial charge in [-0.25, -0.2) is 0 Å². The predicted molar refractivity (Wildman–Crippen MR) is 75.8 cm³/mol. The standard InChI is InChI=1S/C18H26O2/c1-2-16(19)20-15-7-9-6-14(15)18-13-8-12(17(9)18)10-4-3-5-11(10)13/h9-15,17-18H,2-8H2,1H3. The second-order valence-corrected chi connectivity index (χ2v) is 8.25. The Hall–Kier alpha value is -0.530. The monoisotopic (exact) mass is 274 g/mol. The number of rotatable bonds is 2. The van der Waals surface area contributed by atoms with Crippen LogP contribution in [0.4, 0.5) is 0 Å². The number of ether oxygens (including phenoxy) is 1. The number of hydrogen-bond acceptors (Lipinski definition) is 2. The average Bonchev–Trinajstić information content (AvgIpc) is 3.19. The molecule has 4 bridgehead atoms. The normalized spacial score (nSPS) is 58.0. The van der Waals surface area contributed by atoms with Crippen molar-refractivity contribution in [2.75, 3.05) is 0 Å². The van der Waals surface area contributed by atoms with Crippen molar-refractivity contribution in [2.24, 2.45) is 47.3 Å². The van der Waals surface area contributed by atoms with Gasteiger partial charge in [-0.05, 0) is 79.4 Å². The molecule has 5 aliphatic carbocycles. The van der Waals surface area contributed by atoms with E-state index in [-0.39, 0.29) is 12.1 Å². The highest BCUT2D eigenvalue weighted by atomic mass is 16.5. The highest BCUT2D eigenvalue weighted by molar-refractivity contribution is 5.69. The fourth-order valence-electron chi connectivity index (χ4n) is 7.64. The van der Waals surface area contributed by atoms with Gasteiger partial charge in [-0.3, -0.25) is 4.79 Å². The number of esters is 1. The second kappa shape index (κ2) is 4.01. The van der Waals surface area contributed by atoms with E-state index in [1.807, 2.05) is 6.92 Å². The maximum atomic E-state index is 11.7. The van der Waals surface area contributed by atoms with Crippen LogP contribution in [0.2, 0.25) is 0 Å². The van der Waals surface area contributed by atoms with Crippen LogP contribution in [0, 0.1) is 47.3 Å². The SMILES string of the molecule is CCC(=O)OC1CC2CC1C1C3CC(C4CCCC43)C21.